The number of carbonyl (C=O) groups is 4. The zero-order valence-corrected chi connectivity index (χ0v) is 20.5. The van der Waals surface area contributed by atoms with Gasteiger partial charge in [-0.15, -0.1) is 0 Å². The molecule has 0 spiro atoms. The Bertz CT molecular complexity index is 1050. The highest BCUT2D eigenvalue weighted by Gasteiger charge is 2.27. The van der Waals surface area contributed by atoms with E-state index in [0.29, 0.717) is 16.7 Å². The van der Waals surface area contributed by atoms with E-state index in [1.54, 1.807) is 45.0 Å². The van der Waals surface area contributed by atoms with Gasteiger partial charge in [-0.1, -0.05) is 24.3 Å². The first-order chi connectivity index (χ1) is 16.4. The van der Waals surface area contributed by atoms with Crippen molar-refractivity contribution in [3.05, 3.63) is 71.0 Å². The summed E-state index contributed by atoms with van der Waals surface area (Å²) in [4.78, 5) is 49.2. The molecule has 2 amide bonds. The minimum Gasteiger partial charge on any atom is -0.467 e. The van der Waals surface area contributed by atoms with Crippen LogP contribution in [0, 0.1) is 5.82 Å². The fraction of sp³-hybridized carbons (Fsp3) is 0.385. The van der Waals surface area contributed by atoms with Crippen LogP contribution in [0.15, 0.2) is 48.5 Å². The number of benzene rings is 2. The van der Waals surface area contributed by atoms with E-state index < -0.39 is 47.3 Å². The molecule has 35 heavy (non-hydrogen) atoms. The highest BCUT2D eigenvalue weighted by Crippen LogP contribution is 2.14. The predicted molar refractivity (Wildman–Crippen MR) is 127 cm³/mol. The number of ether oxygens (including phenoxy) is 2. The molecule has 0 heterocycles. The van der Waals surface area contributed by atoms with Gasteiger partial charge in [-0.2, -0.15) is 0 Å². The van der Waals surface area contributed by atoms with Crippen LogP contribution in [0.3, 0.4) is 0 Å². The van der Waals surface area contributed by atoms with Gasteiger partial charge in [0.25, 0.3) is 0 Å². The second-order valence-corrected chi connectivity index (χ2v) is 9.07. The van der Waals surface area contributed by atoms with Gasteiger partial charge in [0, 0.05) is 19.8 Å². The first-order valence-corrected chi connectivity index (χ1v) is 11.1. The van der Waals surface area contributed by atoms with E-state index in [4.69, 9.17) is 9.47 Å². The summed E-state index contributed by atoms with van der Waals surface area (Å²) in [5.41, 5.74) is 1.02. The smallest absolute Gasteiger partial charge is 0.338 e. The number of hydrogen-bond donors (Lipinski definition) is 2. The van der Waals surface area contributed by atoms with Crippen LogP contribution in [-0.2, 0) is 36.7 Å². The monoisotopic (exact) mass is 486 g/mol. The number of esters is 2. The van der Waals surface area contributed by atoms with Crippen molar-refractivity contribution in [1.29, 1.82) is 0 Å². The lowest BCUT2D eigenvalue weighted by Crippen LogP contribution is -2.53. The molecule has 0 aromatic heterocycles. The Labute approximate surface area is 204 Å². The van der Waals surface area contributed by atoms with E-state index in [1.807, 2.05) is 0 Å². The van der Waals surface area contributed by atoms with E-state index >= 15 is 0 Å². The van der Waals surface area contributed by atoms with Crippen molar-refractivity contribution in [2.24, 2.45) is 0 Å². The normalized spacial score (nSPS) is 12.7. The van der Waals surface area contributed by atoms with Gasteiger partial charge in [0.05, 0.1) is 12.7 Å². The minimum atomic E-state index is -1.04. The summed E-state index contributed by atoms with van der Waals surface area (Å²) in [6.07, 6.45) is 0.195. The molecule has 2 rings (SSSR count). The standard InChI is InChI=1S/C26H31FN2O6/c1-16(30)28-21(14-18-8-12-20(27)13-9-18)23(31)29-22(25(33)34-5)15-17-6-10-19(11-7-17)24(32)35-26(2,3)4/h6-13,21-22H,14-15H2,1-5H3,(H,28,30)(H,29,31)/t21-,22+/m1/s1. The summed E-state index contributed by atoms with van der Waals surface area (Å²) in [7, 11) is 1.21. The molecular weight excluding hydrogens is 455 g/mol. The first-order valence-electron chi connectivity index (χ1n) is 11.1. The molecule has 0 aliphatic heterocycles. The van der Waals surface area contributed by atoms with E-state index in [-0.39, 0.29) is 12.8 Å². The first kappa shape index (κ1) is 27.5. The highest BCUT2D eigenvalue weighted by molar-refractivity contribution is 5.91. The molecule has 0 radical (unpaired) electrons. The van der Waals surface area contributed by atoms with Crippen molar-refractivity contribution in [2.45, 2.75) is 58.2 Å². The maximum atomic E-state index is 13.2. The summed E-state index contributed by atoms with van der Waals surface area (Å²) >= 11 is 0. The Morgan fingerprint density at radius 1 is 0.857 bits per heavy atom. The summed E-state index contributed by atoms with van der Waals surface area (Å²) < 4.78 is 23.4. The third-order valence-electron chi connectivity index (χ3n) is 4.88. The second-order valence-electron chi connectivity index (χ2n) is 9.07. The lowest BCUT2D eigenvalue weighted by atomic mass is 10.0. The average molecular weight is 487 g/mol. The molecule has 2 aromatic carbocycles. The SMILES string of the molecule is COC(=O)[C@H](Cc1ccc(C(=O)OC(C)(C)C)cc1)NC(=O)[C@@H](Cc1ccc(F)cc1)NC(C)=O. The van der Waals surface area contributed by atoms with Crippen LogP contribution in [0.2, 0.25) is 0 Å². The molecule has 0 bridgehead atoms. The Kier molecular flexibility index (Phi) is 9.50. The van der Waals surface area contributed by atoms with Crippen LogP contribution in [0.1, 0.15) is 49.2 Å². The Hall–Kier alpha value is -3.75. The fourth-order valence-corrected chi connectivity index (χ4v) is 3.27. The average Bonchev–Trinajstić information content (AvgIpc) is 2.78. The topological polar surface area (TPSA) is 111 Å². The lowest BCUT2D eigenvalue weighted by Gasteiger charge is -2.22. The molecule has 0 aliphatic carbocycles. The Morgan fingerprint density at radius 3 is 1.86 bits per heavy atom. The second kappa shape index (κ2) is 12.1. The van der Waals surface area contributed by atoms with Gasteiger partial charge in [-0.25, -0.2) is 14.0 Å². The van der Waals surface area contributed by atoms with Crippen molar-refractivity contribution in [3.8, 4) is 0 Å². The van der Waals surface area contributed by atoms with Gasteiger partial charge in [0.1, 0.15) is 23.5 Å². The number of hydrogen-bond acceptors (Lipinski definition) is 6. The van der Waals surface area contributed by atoms with Crippen molar-refractivity contribution < 1.29 is 33.0 Å². The fourth-order valence-electron chi connectivity index (χ4n) is 3.27. The molecule has 2 N–H and O–H groups in total. The third-order valence-corrected chi connectivity index (χ3v) is 4.88. The quantitative estimate of drug-likeness (QED) is 0.528. The van der Waals surface area contributed by atoms with Gasteiger partial charge >= 0.3 is 11.9 Å². The molecule has 2 aromatic rings. The largest absolute Gasteiger partial charge is 0.467 e. The zero-order chi connectivity index (χ0) is 26.2. The van der Waals surface area contributed by atoms with Gasteiger partial charge in [-0.3, -0.25) is 9.59 Å². The van der Waals surface area contributed by atoms with Gasteiger partial charge in [-0.05, 0) is 56.2 Å². The molecule has 8 nitrogen and oxygen atoms in total. The van der Waals surface area contributed by atoms with Crippen molar-refractivity contribution in [2.75, 3.05) is 7.11 Å². The zero-order valence-electron chi connectivity index (χ0n) is 20.5. The summed E-state index contributed by atoms with van der Waals surface area (Å²) in [5, 5.41) is 5.19. The summed E-state index contributed by atoms with van der Waals surface area (Å²) in [5.74, 6) is -2.58. The number of nitrogens with one attached hydrogen (secondary N) is 2. The Morgan fingerprint density at radius 2 is 1.37 bits per heavy atom. The third kappa shape index (κ3) is 9.19. The molecule has 188 valence electrons. The number of rotatable bonds is 9. The molecule has 0 fully saturated rings. The maximum absolute atomic E-state index is 13.2. The minimum absolute atomic E-state index is 0.0936. The predicted octanol–water partition coefficient (Wildman–Crippen LogP) is 2.73. The molecule has 2 atom stereocenters. The molecular formula is C26H31FN2O6. The molecule has 9 heteroatoms. The van der Waals surface area contributed by atoms with Crippen LogP contribution in [0.25, 0.3) is 0 Å². The summed E-state index contributed by atoms with van der Waals surface area (Å²) in [6.45, 7) is 6.59. The molecule has 0 aliphatic rings. The van der Waals surface area contributed by atoms with E-state index in [2.05, 4.69) is 10.6 Å². The highest BCUT2D eigenvalue weighted by atomic mass is 19.1. The van der Waals surface area contributed by atoms with Crippen molar-refractivity contribution in [3.63, 3.8) is 0 Å². The maximum Gasteiger partial charge on any atom is 0.338 e. The molecule has 0 unspecified atom stereocenters. The van der Waals surface area contributed by atoms with Crippen LogP contribution >= 0.6 is 0 Å². The molecule has 0 saturated carbocycles. The van der Waals surface area contributed by atoms with E-state index in [0.717, 1.165) is 0 Å². The number of carbonyl (C=O) groups excluding carboxylic acids is 4. The van der Waals surface area contributed by atoms with Crippen molar-refractivity contribution in [1.82, 2.24) is 10.6 Å². The number of methoxy groups -OCH3 is 1. The van der Waals surface area contributed by atoms with Crippen LogP contribution in [-0.4, -0.2) is 48.5 Å². The molecule has 0 saturated heterocycles. The lowest BCUT2D eigenvalue weighted by molar-refractivity contribution is -0.145. The van der Waals surface area contributed by atoms with Gasteiger partial charge < -0.3 is 20.1 Å². The summed E-state index contributed by atoms with van der Waals surface area (Å²) in [6, 6.07) is 10.00. The van der Waals surface area contributed by atoms with E-state index in [1.165, 1.54) is 38.3 Å². The number of halogens is 1. The van der Waals surface area contributed by atoms with Crippen LogP contribution < -0.4 is 10.6 Å². The number of amides is 2. The van der Waals surface area contributed by atoms with Crippen LogP contribution in [0.5, 0.6) is 0 Å². The van der Waals surface area contributed by atoms with E-state index in [9.17, 15) is 23.6 Å². The van der Waals surface area contributed by atoms with Crippen molar-refractivity contribution >= 4 is 23.8 Å². The van der Waals surface area contributed by atoms with Crippen LogP contribution in [0.4, 0.5) is 4.39 Å². The Balaban J connectivity index is 2.14. The van der Waals surface area contributed by atoms with Gasteiger partial charge in [0.15, 0.2) is 0 Å². The van der Waals surface area contributed by atoms with Gasteiger partial charge in [0.2, 0.25) is 11.8 Å².